The van der Waals surface area contributed by atoms with Gasteiger partial charge in [0.05, 0.1) is 6.10 Å². The molecule has 0 aromatic heterocycles. The van der Waals surface area contributed by atoms with Crippen LogP contribution in [0.2, 0.25) is 0 Å². The summed E-state index contributed by atoms with van der Waals surface area (Å²) in [5, 5.41) is 16.8. The zero-order valence-corrected chi connectivity index (χ0v) is 5.24. The van der Waals surface area contributed by atoms with Gasteiger partial charge >= 0.3 is 5.97 Å². The summed E-state index contributed by atoms with van der Waals surface area (Å²) < 4.78 is 0. The average Bonchev–Trinajstić information content (AvgIpc) is 1.63. The molecule has 9 heavy (non-hydrogen) atoms. The van der Waals surface area contributed by atoms with Gasteiger partial charge in [-0.15, -0.1) is 0 Å². The van der Waals surface area contributed by atoms with Crippen LogP contribution in [0.4, 0.5) is 0 Å². The van der Waals surface area contributed by atoms with Crippen molar-refractivity contribution < 1.29 is 15.0 Å². The number of aliphatic hydroxyl groups excluding tert-OH is 1. The Kier molecular flexibility index (Phi) is 3.19. The monoisotopic (exact) mass is 133 g/mol. The molecule has 0 aromatic rings. The van der Waals surface area contributed by atoms with Crippen LogP contribution in [0.25, 0.3) is 0 Å². The van der Waals surface area contributed by atoms with Crippen LogP contribution < -0.4 is 5.73 Å². The van der Waals surface area contributed by atoms with E-state index < -0.39 is 18.1 Å². The van der Waals surface area contributed by atoms with E-state index in [1.807, 2.05) is 0 Å². The largest absolute Gasteiger partial charge is 0.480 e. The van der Waals surface area contributed by atoms with Crippen molar-refractivity contribution in [3.8, 4) is 0 Å². The third-order valence-electron chi connectivity index (χ3n) is 0.912. The first kappa shape index (κ1) is 8.39. The quantitative estimate of drug-likeness (QED) is 0.469. The van der Waals surface area contributed by atoms with Gasteiger partial charge in [0.2, 0.25) is 0 Å². The van der Waals surface area contributed by atoms with Gasteiger partial charge < -0.3 is 15.9 Å². The topological polar surface area (TPSA) is 83.5 Å². The highest BCUT2D eigenvalue weighted by Crippen LogP contribution is 1.93. The second-order valence-corrected chi connectivity index (χ2v) is 2.03. The predicted octanol–water partition coefficient (Wildman–Crippen LogP) is -0.831. The van der Waals surface area contributed by atoms with Crippen molar-refractivity contribution in [3.05, 3.63) is 0 Å². The van der Waals surface area contributed by atoms with Crippen LogP contribution in [-0.4, -0.2) is 28.3 Å². The molecule has 0 aromatic carbocycles. The van der Waals surface area contributed by atoms with Crippen molar-refractivity contribution in [1.82, 2.24) is 0 Å². The number of aliphatic carboxylic acids is 1. The normalized spacial score (nSPS) is 16.8. The molecule has 0 aliphatic rings. The Balaban J connectivity index is 3.50. The molecule has 0 bridgehead atoms. The van der Waals surface area contributed by atoms with E-state index >= 15 is 0 Å². The van der Waals surface area contributed by atoms with Gasteiger partial charge in [-0.1, -0.05) is 0 Å². The molecule has 2 atom stereocenters. The van der Waals surface area contributed by atoms with Crippen molar-refractivity contribution >= 4 is 5.97 Å². The van der Waals surface area contributed by atoms with Crippen molar-refractivity contribution in [1.29, 1.82) is 0 Å². The zero-order valence-electron chi connectivity index (χ0n) is 5.24. The number of nitrogens with two attached hydrogens (primary N) is 1. The summed E-state index contributed by atoms with van der Waals surface area (Å²) in [7, 11) is 0. The molecule has 4 nitrogen and oxygen atoms in total. The molecule has 0 heterocycles. The maximum Gasteiger partial charge on any atom is 0.320 e. The van der Waals surface area contributed by atoms with Gasteiger partial charge in [0, 0.05) is 0 Å². The summed E-state index contributed by atoms with van der Waals surface area (Å²) in [5.41, 5.74) is 5.06. The summed E-state index contributed by atoms with van der Waals surface area (Å²) in [5.74, 6) is -1.07. The first-order chi connectivity index (χ1) is 4.04. The Hall–Kier alpha value is -0.610. The van der Waals surface area contributed by atoms with E-state index in [-0.39, 0.29) is 6.42 Å². The maximum atomic E-state index is 10.00. The standard InChI is InChI=1S/C5H11NO3/c1-3(7)2-4(6)5(8)9/h3-4,7H,2,6H2,1H3,(H,8,9)/t3-,4+/m1/s1. The van der Waals surface area contributed by atoms with Crippen LogP contribution in [-0.2, 0) is 4.79 Å². The second-order valence-electron chi connectivity index (χ2n) is 2.03. The molecule has 54 valence electrons. The molecule has 0 spiro atoms. The van der Waals surface area contributed by atoms with Crippen LogP contribution in [0.15, 0.2) is 0 Å². The first-order valence-corrected chi connectivity index (χ1v) is 2.70. The lowest BCUT2D eigenvalue weighted by Gasteiger charge is -2.06. The van der Waals surface area contributed by atoms with Crippen molar-refractivity contribution in [2.45, 2.75) is 25.5 Å². The number of carboxylic acids is 1. The summed E-state index contributed by atoms with van der Waals surface area (Å²) in [6, 6.07) is -0.940. The minimum Gasteiger partial charge on any atom is -0.480 e. The molecule has 0 amide bonds. The lowest BCUT2D eigenvalue weighted by Crippen LogP contribution is -2.33. The van der Waals surface area contributed by atoms with Gasteiger partial charge in [0.25, 0.3) is 0 Å². The minimum atomic E-state index is -1.07. The average molecular weight is 133 g/mol. The molecule has 0 aliphatic heterocycles. The second kappa shape index (κ2) is 3.42. The van der Waals surface area contributed by atoms with Gasteiger partial charge in [-0.05, 0) is 13.3 Å². The predicted molar refractivity (Wildman–Crippen MR) is 31.9 cm³/mol. The fraction of sp³-hybridized carbons (Fsp3) is 0.800. The highest BCUT2D eigenvalue weighted by Gasteiger charge is 2.12. The van der Waals surface area contributed by atoms with E-state index in [4.69, 9.17) is 15.9 Å². The van der Waals surface area contributed by atoms with Gasteiger partial charge in [0.15, 0.2) is 0 Å². The lowest BCUT2D eigenvalue weighted by atomic mass is 10.1. The number of carbonyl (C=O) groups is 1. The maximum absolute atomic E-state index is 10.00. The number of hydrogen-bond acceptors (Lipinski definition) is 3. The molecule has 0 fully saturated rings. The van der Waals surface area contributed by atoms with E-state index in [2.05, 4.69) is 0 Å². The first-order valence-electron chi connectivity index (χ1n) is 2.70. The van der Waals surface area contributed by atoms with E-state index in [0.29, 0.717) is 0 Å². The molecule has 4 heteroatoms. The van der Waals surface area contributed by atoms with Gasteiger partial charge in [-0.3, -0.25) is 4.79 Å². The van der Waals surface area contributed by atoms with E-state index in [1.54, 1.807) is 0 Å². The Bertz CT molecular complexity index is 102. The number of carboxylic acid groups (broad SMARTS) is 1. The SMILES string of the molecule is C[C@@H](O)C[C@H](N)C(=O)O. The lowest BCUT2D eigenvalue weighted by molar-refractivity contribution is -0.139. The smallest absolute Gasteiger partial charge is 0.320 e. The number of rotatable bonds is 3. The number of aliphatic hydroxyl groups is 1. The Labute approximate surface area is 53.3 Å². The Morgan fingerprint density at radius 3 is 2.33 bits per heavy atom. The molecule has 0 unspecified atom stereocenters. The van der Waals surface area contributed by atoms with Crippen molar-refractivity contribution in [3.63, 3.8) is 0 Å². The van der Waals surface area contributed by atoms with E-state index in [9.17, 15) is 4.79 Å². The molecule has 4 N–H and O–H groups in total. The molecule has 0 saturated carbocycles. The molecule has 0 saturated heterocycles. The highest BCUT2D eigenvalue weighted by atomic mass is 16.4. The molecule has 0 rings (SSSR count). The molecule has 0 radical (unpaired) electrons. The summed E-state index contributed by atoms with van der Waals surface area (Å²) >= 11 is 0. The van der Waals surface area contributed by atoms with E-state index in [1.165, 1.54) is 6.92 Å². The van der Waals surface area contributed by atoms with Crippen LogP contribution in [0.1, 0.15) is 13.3 Å². The van der Waals surface area contributed by atoms with Gasteiger partial charge in [-0.2, -0.15) is 0 Å². The van der Waals surface area contributed by atoms with Crippen LogP contribution in [0.3, 0.4) is 0 Å². The van der Waals surface area contributed by atoms with E-state index in [0.717, 1.165) is 0 Å². The number of hydrogen-bond donors (Lipinski definition) is 3. The Morgan fingerprint density at radius 2 is 2.22 bits per heavy atom. The fourth-order valence-corrected chi connectivity index (χ4v) is 0.468. The third-order valence-corrected chi connectivity index (χ3v) is 0.912. The Morgan fingerprint density at radius 1 is 1.78 bits per heavy atom. The fourth-order valence-electron chi connectivity index (χ4n) is 0.468. The van der Waals surface area contributed by atoms with Crippen molar-refractivity contribution in [2.75, 3.05) is 0 Å². The molecule has 0 aliphatic carbocycles. The molecular formula is C5H11NO3. The van der Waals surface area contributed by atoms with Crippen LogP contribution in [0.5, 0.6) is 0 Å². The summed E-state index contributed by atoms with van der Waals surface area (Å²) in [6.45, 7) is 1.50. The minimum absolute atomic E-state index is 0.106. The molecular weight excluding hydrogens is 122 g/mol. The summed E-state index contributed by atoms with van der Waals surface area (Å²) in [4.78, 5) is 10.00. The van der Waals surface area contributed by atoms with Crippen LogP contribution in [0, 0.1) is 0 Å². The van der Waals surface area contributed by atoms with Gasteiger partial charge in [0.1, 0.15) is 6.04 Å². The van der Waals surface area contributed by atoms with Gasteiger partial charge in [-0.25, -0.2) is 0 Å². The zero-order chi connectivity index (χ0) is 7.44. The van der Waals surface area contributed by atoms with Crippen LogP contribution >= 0.6 is 0 Å². The highest BCUT2D eigenvalue weighted by molar-refractivity contribution is 5.73. The third kappa shape index (κ3) is 3.93. The van der Waals surface area contributed by atoms with Crippen molar-refractivity contribution in [2.24, 2.45) is 5.73 Å². The summed E-state index contributed by atoms with van der Waals surface area (Å²) in [6.07, 6.45) is -0.536.